The molecule has 2 nitrogen and oxygen atoms in total. The smallest absolute Gasteiger partial charge is 0.163 e. The molecule has 0 amide bonds. The Bertz CT molecular complexity index is 641. The molecule has 0 aromatic heterocycles. The highest BCUT2D eigenvalue weighted by Gasteiger charge is 2.52. The van der Waals surface area contributed by atoms with Crippen molar-refractivity contribution in [3.05, 3.63) is 28.8 Å². The number of carbonyl (C=O) groups is 1. The molecule has 0 unspecified atom stereocenters. The zero-order valence-electron chi connectivity index (χ0n) is 15.5. The van der Waals surface area contributed by atoms with Crippen molar-refractivity contribution in [2.24, 2.45) is 11.3 Å². The van der Waals surface area contributed by atoms with Gasteiger partial charge in [-0.1, -0.05) is 41.0 Å². The van der Waals surface area contributed by atoms with Crippen LogP contribution in [0.15, 0.2) is 12.1 Å². The third-order valence-electron chi connectivity index (χ3n) is 6.53. The van der Waals surface area contributed by atoms with Gasteiger partial charge in [0.15, 0.2) is 5.78 Å². The summed E-state index contributed by atoms with van der Waals surface area (Å²) in [5, 5.41) is 0. The first-order chi connectivity index (χ1) is 10.7. The fourth-order valence-corrected chi connectivity index (χ4v) is 5.17. The van der Waals surface area contributed by atoms with Gasteiger partial charge in [0.25, 0.3) is 0 Å². The molecule has 23 heavy (non-hydrogen) atoms. The maximum atomic E-state index is 12.9. The molecule has 1 aromatic rings. The minimum atomic E-state index is 0.0911. The van der Waals surface area contributed by atoms with Crippen molar-refractivity contribution < 1.29 is 9.53 Å². The Morgan fingerprint density at radius 2 is 1.87 bits per heavy atom. The molecule has 0 saturated heterocycles. The standard InChI is InChI=1S/C21H30O2/c1-13(2)14-10-15-16(11-18(14)23-6)21(5)9-7-8-20(3,4)19(21)12-17(15)22/h10-11,13,19H,7-9,12H2,1-6H3/t19-,21-/m1/s1. The number of hydrogen-bond acceptors (Lipinski definition) is 2. The summed E-state index contributed by atoms with van der Waals surface area (Å²) < 4.78 is 5.67. The Balaban J connectivity index is 2.22. The third kappa shape index (κ3) is 2.42. The van der Waals surface area contributed by atoms with Crippen LogP contribution < -0.4 is 4.74 Å². The van der Waals surface area contributed by atoms with E-state index in [9.17, 15) is 4.79 Å². The van der Waals surface area contributed by atoms with Gasteiger partial charge < -0.3 is 4.74 Å². The van der Waals surface area contributed by atoms with Crippen LogP contribution in [0.25, 0.3) is 0 Å². The lowest BCUT2D eigenvalue weighted by molar-refractivity contribution is 0.0367. The SMILES string of the molecule is COc1cc2c(cc1C(C)C)C(=O)C[C@@H]1C(C)(C)CCC[C@]21C. The van der Waals surface area contributed by atoms with Gasteiger partial charge in [-0.25, -0.2) is 0 Å². The van der Waals surface area contributed by atoms with E-state index in [0.29, 0.717) is 24.0 Å². The predicted octanol–water partition coefficient (Wildman–Crippen LogP) is 5.49. The summed E-state index contributed by atoms with van der Waals surface area (Å²) in [5.74, 6) is 2.05. The predicted molar refractivity (Wildman–Crippen MR) is 94.5 cm³/mol. The van der Waals surface area contributed by atoms with Gasteiger partial charge in [0.1, 0.15) is 5.75 Å². The molecule has 0 radical (unpaired) electrons. The van der Waals surface area contributed by atoms with Gasteiger partial charge in [-0.05, 0) is 58.8 Å². The van der Waals surface area contributed by atoms with Gasteiger partial charge in [0.05, 0.1) is 7.11 Å². The second kappa shape index (κ2) is 5.36. The van der Waals surface area contributed by atoms with Crippen LogP contribution in [0, 0.1) is 11.3 Å². The van der Waals surface area contributed by atoms with Gasteiger partial charge in [0, 0.05) is 12.0 Å². The number of rotatable bonds is 2. The number of carbonyl (C=O) groups excluding carboxylic acids is 1. The second-order valence-corrected chi connectivity index (χ2v) is 8.73. The van der Waals surface area contributed by atoms with Gasteiger partial charge in [-0.3, -0.25) is 4.79 Å². The molecule has 2 aliphatic carbocycles. The van der Waals surface area contributed by atoms with E-state index in [-0.39, 0.29) is 10.8 Å². The monoisotopic (exact) mass is 314 g/mol. The van der Waals surface area contributed by atoms with Crippen molar-refractivity contribution in [3.63, 3.8) is 0 Å². The van der Waals surface area contributed by atoms with E-state index in [0.717, 1.165) is 16.9 Å². The largest absolute Gasteiger partial charge is 0.496 e. The summed E-state index contributed by atoms with van der Waals surface area (Å²) in [5.41, 5.74) is 3.65. The van der Waals surface area contributed by atoms with Crippen LogP contribution in [0.5, 0.6) is 5.75 Å². The Labute approximate surface area is 140 Å². The molecule has 3 rings (SSSR count). The molecule has 2 aliphatic rings. The molecule has 0 N–H and O–H groups in total. The first kappa shape index (κ1) is 16.5. The van der Waals surface area contributed by atoms with E-state index >= 15 is 0 Å². The molecule has 0 bridgehead atoms. The first-order valence-corrected chi connectivity index (χ1v) is 8.96. The number of ether oxygens (including phenoxy) is 1. The van der Waals surface area contributed by atoms with Gasteiger partial charge >= 0.3 is 0 Å². The van der Waals surface area contributed by atoms with Crippen LogP contribution in [0.2, 0.25) is 0 Å². The quantitative estimate of drug-likeness (QED) is 0.721. The highest BCUT2D eigenvalue weighted by atomic mass is 16.5. The maximum absolute atomic E-state index is 12.9. The summed E-state index contributed by atoms with van der Waals surface area (Å²) in [6.07, 6.45) is 4.32. The molecule has 126 valence electrons. The minimum absolute atomic E-state index is 0.0911. The Kier molecular flexibility index (Phi) is 3.85. The number of methoxy groups -OCH3 is 1. The Hall–Kier alpha value is -1.31. The lowest BCUT2D eigenvalue weighted by Gasteiger charge is -2.54. The van der Waals surface area contributed by atoms with Crippen molar-refractivity contribution in [3.8, 4) is 5.75 Å². The van der Waals surface area contributed by atoms with Crippen LogP contribution in [0.1, 0.15) is 87.7 Å². The van der Waals surface area contributed by atoms with Crippen LogP contribution in [0.4, 0.5) is 0 Å². The zero-order valence-corrected chi connectivity index (χ0v) is 15.5. The number of fused-ring (bicyclic) bond motifs is 3. The lowest BCUT2D eigenvalue weighted by Crippen LogP contribution is -2.49. The van der Waals surface area contributed by atoms with E-state index in [1.54, 1.807) is 7.11 Å². The molecular weight excluding hydrogens is 284 g/mol. The van der Waals surface area contributed by atoms with Crippen molar-refractivity contribution in [2.45, 2.75) is 71.6 Å². The number of hydrogen-bond donors (Lipinski definition) is 0. The van der Waals surface area contributed by atoms with Crippen LogP contribution in [0.3, 0.4) is 0 Å². The highest BCUT2D eigenvalue weighted by molar-refractivity contribution is 6.00. The fraction of sp³-hybridized carbons (Fsp3) is 0.667. The fourth-order valence-electron chi connectivity index (χ4n) is 5.17. The maximum Gasteiger partial charge on any atom is 0.163 e. The van der Waals surface area contributed by atoms with E-state index in [1.807, 2.05) is 0 Å². The third-order valence-corrected chi connectivity index (χ3v) is 6.53. The molecule has 0 spiro atoms. The summed E-state index contributed by atoms with van der Waals surface area (Å²) >= 11 is 0. The minimum Gasteiger partial charge on any atom is -0.496 e. The normalized spacial score (nSPS) is 29.2. The molecule has 1 fully saturated rings. The molecule has 1 saturated carbocycles. The lowest BCUT2D eigenvalue weighted by atomic mass is 9.50. The number of ketones is 1. The van der Waals surface area contributed by atoms with Crippen LogP contribution >= 0.6 is 0 Å². The first-order valence-electron chi connectivity index (χ1n) is 8.96. The zero-order chi connectivity index (χ0) is 17.0. The summed E-state index contributed by atoms with van der Waals surface area (Å²) in [6, 6.07) is 4.29. The van der Waals surface area contributed by atoms with Gasteiger partial charge in [-0.2, -0.15) is 0 Å². The highest BCUT2D eigenvalue weighted by Crippen LogP contribution is 2.57. The average Bonchev–Trinajstić information content (AvgIpc) is 2.48. The summed E-state index contributed by atoms with van der Waals surface area (Å²) in [4.78, 5) is 12.9. The molecule has 1 aromatic carbocycles. The Morgan fingerprint density at radius 3 is 2.48 bits per heavy atom. The topological polar surface area (TPSA) is 26.3 Å². The van der Waals surface area contributed by atoms with E-state index in [4.69, 9.17) is 4.74 Å². The Morgan fingerprint density at radius 1 is 1.17 bits per heavy atom. The molecule has 0 aliphatic heterocycles. The summed E-state index contributed by atoms with van der Waals surface area (Å²) in [7, 11) is 1.74. The number of benzene rings is 1. The van der Waals surface area contributed by atoms with Crippen molar-refractivity contribution in [1.29, 1.82) is 0 Å². The van der Waals surface area contributed by atoms with E-state index in [1.165, 1.54) is 24.8 Å². The van der Waals surface area contributed by atoms with E-state index in [2.05, 4.69) is 46.8 Å². The van der Waals surface area contributed by atoms with Crippen molar-refractivity contribution >= 4 is 5.78 Å². The van der Waals surface area contributed by atoms with Crippen molar-refractivity contribution in [2.75, 3.05) is 7.11 Å². The second-order valence-electron chi connectivity index (χ2n) is 8.73. The van der Waals surface area contributed by atoms with Gasteiger partial charge in [0.2, 0.25) is 0 Å². The molecule has 2 heteroatoms. The van der Waals surface area contributed by atoms with Crippen LogP contribution in [-0.4, -0.2) is 12.9 Å². The molecular formula is C21H30O2. The average molecular weight is 314 g/mol. The number of Topliss-reactive ketones (excluding diaryl/α,β-unsaturated/α-hetero) is 1. The van der Waals surface area contributed by atoms with Crippen molar-refractivity contribution in [1.82, 2.24) is 0 Å². The van der Waals surface area contributed by atoms with E-state index < -0.39 is 0 Å². The summed E-state index contributed by atoms with van der Waals surface area (Å²) in [6.45, 7) is 11.4. The van der Waals surface area contributed by atoms with Crippen LogP contribution in [-0.2, 0) is 5.41 Å². The molecule has 0 heterocycles. The molecule has 2 atom stereocenters. The van der Waals surface area contributed by atoms with Gasteiger partial charge in [-0.15, -0.1) is 0 Å².